The second-order valence-electron chi connectivity index (χ2n) is 7.17. The van der Waals surface area contributed by atoms with Crippen LogP contribution >= 0.6 is 0 Å². The highest BCUT2D eigenvalue weighted by atomic mass is 32.2. The van der Waals surface area contributed by atoms with Crippen LogP contribution in [0.2, 0.25) is 0 Å². The SMILES string of the molecule is CCN(c1ccc(NC(=O)CCCOc2ccc(S(C)(=O)=O)cc2)cc1)C(C)C. The minimum Gasteiger partial charge on any atom is -0.494 e. The van der Waals surface area contributed by atoms with E-state index in [4.69, 9.17) is 4.74 Å². The van der Waals surface area contributed by atoms with E-state index >= 15 is 0 Å². The van der Waals surface area contributed by atoms with Crippen LogP contribution in [-0.2, 0) is 14.6 Å². The number of hydrogen-bond donors (Lipinski definition) is 1. The van der Waals surface area contributed by atoms with Crippen molar-refractivity contribution in [2.45, 2.75) is 44.6 Å². The number of carbonyl (C=O) groups excluding carboxylic acids is 1. The van der Waals surface area contributed by atoms with Crippen LogP contribution < -0.4 is 15.0 Å². The standard InChI is InChI=1S/C22H30N2O4S/c1-5-24(17(2)3)19-10-8-18(9-11-19)23-22(25)7-6-16-28-20-12-14-21(15-13-20)29(4,26)27/h8-15,17H,5-7,16H2,1-4H3,(H,23,25). The molecule has 0 radical (unpaired) electrons. The summed E-state index contributed by atoms with van der Waals surface area (Å²) in [5.74, 6) is 0.518. The maximum absolute atomic E-state index is 12.1. The van der Waals surface area contributed by atoms with Gasteiger partial charge in [0, 0.05) is 36.6 Å². The van der Waals surface area contributed by atoms with Crippen LogP contribution in [0.3, 0.4) is 0 Å². The van der Waals surface area contributed by atoms with E-state index in [9.17, 15) is 13.2 Å². The fourth-order valence-electron chi connectivity index (χ4n) is 3.01. The van der Waals surface area contributed by atoms with Crippen molar-refractivity contribution in [3.8, 4) is 5.75 Å². The van der Waals surface area contributed by atoms with Crippen LogP contribution in [0.25, 0.3) is 0 Å². The number of nitrogens with zero attached hydrogens (tertiary/aromatic N) is 1. The van der Waals surface area contributed by atoms with Crippen LogP contribution in [0.15, 0.2) is 53.4 Å². The third-order valence-electron chi connectivity index (χ3n) is 4.52. The molecule has 0 saturated carbocycles. The lowest BCUT2D eigenvalue weighted by Crippen LogP contribution is -2.30. The predicted octanol–water partition coefficient (Wildman–Crippen LogP) is 4.12. The molecule has 2 aromatic carbocycles. The summed E-state index contributed by atoms with van der Waals surface area (Å²) in [5.41, 5.74) is 1.91. The van der Waals surface area contributed by atoms with Crippen molar-refractivity contribution in [3.63, 3.8) is 0 Å². The first-order valence-electron chi connectivity index (χ1n) is 9.80. The molecule has 2 aromatic rings. The Morgan fingerprint density at radius 3 is 2.21 bits per heavy atom. The number of amides is 1. The number of benzene rings is 2. The van der Waals surface area contributed by atoms with Crippen LogP contribution in [0.1, 0.15) is 33.6 Å². The quantitative estimate of drug-likeness (QED) is 0.587. The van der Waals surface area contributed by atoms with E-state index in [0.29, 0.717) is 31.2 Å². The Kier molecular flexibility index (Phi) is 8.08. The molecule has 0 heterocycles. The third kappa shape index (κ3) is 7.09. The zero-order valence-corrected chi connectivity index (χ0v) is 18.3. The largest absolute Gasteiger partial charge is 0.494 e. The Morgan fingerprint density at radius 1 is 1.07 bits per heavy atom. The van der Waals surface area contributed by atoms with Gasteiger partial charge in [-0.05, 0) is 75.7 Å². The monoisotopic (exact) mass is 418 g/mol. The van der Waals surface area contributed by atoms with E-state index in [1.54, 1.807) is 12.1 Å². The zero-order valence-electron chi connectivity index (χ0n) is 17.5. The first-order valence-corrected chi connectivity index (χ1v) is 11.7. The molecule has 1 amide bonds. The Morgan fingerprint density at radius 2 is 1.69 bits per heavy atom. The van der Waals surface area contributed by atoms with Crippen molar-refractivity contribution in [1.29, 1.82) is 0 Å². The summed E-state index contributed by atoms with van der Waals surface area (Å²) in [6.45, 7) is 7.74. The second kappa shape index (κ2) is 10.3. The van der Waals surface area contributed by atoms with Gasteiger partial charge in [-0.2, -0.15) is 0 Å². The van der Waals surface area contributed by atoms with Crippen LogP contribution in [0, 0.1) is 0 Å². The molecule has 0 aromatic heterocycles. The average molecular weight is 419 g/mol. The molecule has 0 bridgehead atoms. The molecule has 7 heteroatoms. The maximum atomic E-state index is 12.1. The molecule has 0 aliphatic carbocycles. The van der Waals surface area contributed by atoms with Gasteiger partial charge < -0.3 is 15.0 Å². The van der Waals surface area contributed by atoms with Crippen molar-refractivity contribution in [1.82, 2.24) is 0 Å². The van der Waals surface area contributed by atoms with Gasteiger partial charge in [0.1, 0.15) is 5.75 Å². The molecular formula is C22H30N2O4S. The molecule has 0 aliphatic rings. The smallest absolute Gasteiger partial charge is 0.224 e. The highest BCUT2D eigenvalue weighted by molar-refractivity contribution is 7.90. The van der Waals surface area contributed by atoms with Crippen molar-refractivity contribution in [2.75, 3.05) is 29.6 Å². The lowest BCUT2D eigenvalue weighted by Gasteiger charge is -2.27. The number of nitrogens with one attached hydrogen (secondary N) is 1. The van der Waals surface area contributed by atoms with Crippen molar-refractivity contribution in [2.24, 2.45) is 0 Å². The first-order chi connectivity index (χ1) is 13.7. The Bertz CT molecular complexity index is 891. The number of hydrogen-bond acceptors (Lipinski definition) is 5. The summed E-state index contributed by atoms with van der Waals surface area (Å²) in [4.78, 5) is 14.7. The van der Waals surface area contributed by atoms with E-state index in [0.717, 1.165) is 17.9 Å². The van der Waals surface area contributed by atoms with Crippen LogP contribution in [-0.4, -0.2) is 39.8 Å². The van der Waals surface area contributed by atoms with Gasteiger partial charge >= 0.3 is 0 Å². The molecule has 0 unspecified atom stereocenters. The Hall–Kier alpha value is -2.54. The van der Waals surface area contributed by atoms with E-state index in [1.807, 2.05) is 24.3 Å². The van der Waals surface area contributed by atoms with Crippen molar-refractivity contribution < 1.29 is 17.9 Å². The molecule has 2 rings (SSSR count). The van der Waals surface area contributed by atoms with Gasteiger partial charge in [-0.25, -0.2) is 8.42 Å². The minimum atomic E-state index is -3.21. The van der Waals surface area contributed by atoms with Crippen molar-refractivity contribution in [3.05, 3.63) is 48.5 Å². The molecule has 0 spiro atoms. The van der Waals surface area contributed by atoms with Crippen LogP contribution in [0.5, 0.6) is 5.75 Å². The summed E-state index contributed by atoms with van der Waals surface area (Å²) in [5, 5.41) is 2.90. The summed E-state index contributed by atoms with van der Waals surface area (Å²) in [6, 6.07) is 14.5. The number of sulfone groups is 1. The Balaban J connectivity index is 1.76. The molecular weight excluding hydrogens is 388 g/mol. The normalized spacial score (nSPS) is 11.3. The lowest BCUT2D eigenvalue weighted by molar-refractivity contribution is -0.116. The van der Waals surface area contributed by atoms with Gasteiger partial charge in [-0.3, -0.25) is 4.79 Å². The molecule has 0 fully saturated rings. The molecule has 29 heavy (non-hydrogen) atoms. The molecule has 0 aliphatic heterocycles. The predicted molar refractivity (Wildman–Crippen MR) is 118 cm³/mol. The van der Waals surface area contributed by atoms with Gasteiger partial charge in [0.15, 0.2) is 9.84 Å². The van der Waals surface area contributed by atoms with Gasteiger partial charge in [0.25, 0.3) is 0 Å². The van der Waals surface area contributed by atoms with E-state index in [1.165, 1.54) is 18.4 Å². The summed E-state index contributed by atoms with van der Waals surface area (Å²) < 4.78 is 28.4. The lowest BCUT2D eigenvalue weighted by atomic mass is 10.2. The topological polar surface area (TPSA) is 75.7 Å². The minimum absolute atomic E-state index is 0.0648. The first kappa shape index (κ1) is 22.7. The zero-order chi connectivity index (χ0) is 21.4. The highest BCUT2D eigenvalue weighted by Crippen LogP contribution is 2.20. The number of ether oxygens (including phenoxy) is 1. The number of carbonyl (C=O) groups is 1. The van der Waals surface area contributed by atoms with E-state index < -0.39 is 9.84 Å². The summed E-state index contributed by atoms with van der Waals surface area (Å²) in [7, 11) is -3.21. The fourth-order valence-corrected chi connectivity index (χ4v) is 3.64. The van der Waals surface area contributed by atoms with Gasteiger partial charge in [0.05, 0.1) is 11.5 Å². The van der Waals surface area contributed by atoms with Gasteiger partial charge in [0.2, 0.25) is 5.91 Å². The highest BCUT2D eigenvalue weighted by Gasteiger charge is 2.09. The molecule has 158 valence electrons. The van der Waals surface area contributed by atoms with Crippen molar-refractivity contribution >= 4 is 27.1 Å². The van der Waals surface area contributed by atoms with E-state index in [-0.39, 0.29) is 10.8 Å². The summed E-state index contributed by atoms with van der Waals surface area (Å²) in [6.07, 6.45) is 2.07. The van der Waals surface area contributed by atoms with E-state index in [2.05, 4.69) is 31.0 Å². The molecule has 0 saturated heterocycles. The van der Waals surface area contributed by atoms with Crippen LogP contribution in [0.4, 0.5) is 11.4 Å². The summed E-state index contributed by atoms with van der Waals surface area (Å²) >= 11 is 0. The van der Waals surface area contributed by atoms with Gasteiger partial charge in [-0.15, -0.1) is 0 Å². The molecule has 6 nitrogen and oxygen atoms in total. The number of anilines is 2. The average Bonchev–Trinajstić information content (AvgIpc) is 2.66. The Labute approximate surface area is 173 Å². The number of rotatable bonds is 10. The third-order valence-corrected chi connectivity index (χ3v) is 5.64. The second-order valence-corrected chi connectivity index (χ2v) is 9.19. The molecule has 1 N–H and O–H groups in total. The fraction of sp³-hybridized carbons (Fsp3) is 0.409. The molecule has 0 atom stereocenters. The van der Waals surface area contributed by atoms with Gasteiger partial charge in [-0.1, -0.05) is 0 Å². The maximum Gasteiger partial charge on any atom is 0.224 e.